The molecule has 18 heteroatoms. The van der Waals surface area contributed by atoms with Crippen LogP contribution in [0.25, 0.3) is 0 Å². The van der Waals surface area contributed by atoms with Gasteiger partial charge in [-0.1, -0.05) is 35.9 Å². The average molecular weight is 881 g/mol. The molecular weight excluding hydrogens is 816 g/mol. The van der Waals surface area contributed by atoms with Crippen LogP contribution in [0.2, 0.25) is 5.15 Å². The summed E-state index contributed by atoms with van der Waals surface area (Å²) in [5.74, 6) is 0.543. The molecule has 3 aliphatic heterocycles. The number of likely N-dealkylation sites (tertiary alicyclic amines) is 1. The molecule has 6 rings (SSSR count). The van der Waals surface area contributed by atoms with Gasteiger partial charge in [0.1, 0.15) is 11.5 Å². The maximum absolute atomic E-state index is 13.4. The summed E-state index contributed by atoms with van der Waals surface area (Å²) in [4.78, 5) is 50.8. The standard InChI is InChI=1S/C44H63ClN10O7/c45-41-43(47)52-42(46)40(51-41)44(58)50-35-6-3-25-55(30-35,23-1-4-33-7-11-36(12-8-33)61-31-38(56)48-15-17-53-19-26-59-27-20-53)24-2-5-34-9-13-37(14-10-34)62-32-39(57)49-16-18-54-21-28-60-29-22-54/h7-14,35H,1-6,15-32H2,(H6-,46,47,48,49,50,52,56,57,58)/p+1/t35-/m0/s1. The Balaban J connectivity index is 0.980. The molecule has 2 aromatic carbocycles. The summed E-state index contributed by atoms with van der Waals surface area (Å²) in [5, 5.41) is 8.98. The average Bonchev–Trinajstić information content (AvgIpc) is 3.28. The number of carbonyl (C=O) groups excluding carboxylic acids is 3. The van der Waals surface area contributed by atoms with Gasteiger partial charge in [0.2, 0.25) is 0 Å². The predicted octanol–water partition coefficient (Wildman–Crippen LogP) is 1.92. The number of hydrogen-bond acceptors (Lipinski definition) is 13. The van der Waals surface area contributed by atoms with E-state index in [0.29, 0.717) is 24.6 Å². The zero-order valence-corrected chi connectivity index (χ0v) is 36.5. The molecule has 0 aliphatic carbocycles. The summed E-state index contributed by atoms with van der Waals surface area (Å²) in [6, 6.07) is 15.8. The number of nitrogens with two attached hydrogens (primary N) is 2. The van der Waals surface area contributed by atoms with E-state index in [2.05, 4.69) is 60.0 Å². The maximum Gasteiger partial charge on any atom is 0.274 e. The van der Waals surface area contributed by atoms with Gasteiger partial charge in [0.05, 0.1) is 58.6 Å². The summed E-state index contributed by atoms with van der Waals surface area (Å²) in [7, 11) is 0. The maximum atomic E-state index is 13.4. The lowest BCUT2D eigenvalue weighted by molar-refractivity contribution is -0.933. The van der Waals surface area contributed by atoms with Gasteiger partial charge in [-0.2, -0.15) is 0 Å². The Morgan fingerprint density at radius 1 is 0.742 bits per heavy atom. The largest absolute Gasteiger partial charge is 0.484 e. The highest BCUT2D eigenvalue weighted by molar-refractivity contribution is 6.31. The number of aryl methyl sites for hydroxylation is 2. The van der Waals surface area contributed by atoms with E-state index in [-0.39, 0.29) is 53.6 Å². The Labute approximate surface area is 369 Å². The van der Waals surface area contributed by atoms with E-state index in [1.807, 2.05) is 24.3 Å². The molecular formula is C44H64ClN10O7+. The predicted molar refractivity (Wildman–Crippen MR) is 237 cm³/mol. The molecule has 4 heterocycles. The van der Waals surface area contributed by atoms with E-state index in [9.17, 15) is 14.4 Å². The van der Waals surface area contributed by atoms with Crippen molar-refractivity contribution in [1.82, 2.24) is 35.7 Å². The van der Waals surface area contributed by atoms with Crippen LogP contribution < -0.4 is 36.9 Å². The normalized spacial score (nSPS) is 18.1. The molecule has 0 spiro atoms. The molecule has 0 radical (unpaired) electrons. The fourth-order valence-corrected chi connectivity index (χ4v) is 8.45. The third-order valence-electron chi connectivity index (χ3n) is 11.7. The van der Waals surface area contributed by atoms with Crippen molar-refractivity contribution in [3.05, 3.63) is 70.5 Å². The molecule has 1 atom stereocenters. The Morgan fingerprint density at radius 2 is 1.24 bits per heavy atom. The molecule has 1 aromatic heterocycles. The minimum Gasteiger partial charge on any atom is -0.484 e. The van der Waals surface area contributed by atoms with Crippen LogP contribution in [0.3, 0.4) is 0 Å². The van der Waals surface area contributed by atoms with Gasteiger partial charge < -0.3 is 50.8 Å². The zero-order chi connectivity index (χ0) is 43.6. The van der Waals surface area contributed by atoms with Gasteiger partial charge in [0.25, 0.3) is 17.7 Å². The van der Waals surface area contributed by atoms with Crippen molar-refractivity contribution in [1.29, 1.82) is 0 Å². The van der Waals surface area contributed by atoms with Crippen molar-refractivity contribution in [3.8, 4) is 11.5 Å². The SMILES string of the molecule is Nc1nc(N)c(C(=O)N[C@H]2CCC[N+](CCCc3ccc(OCC(=O)NCCN4CCOCC4)cc3)(CCCc3ccc(OCC(=O)NCCN4CCOCC4)cc3)C2)nc1Cl. The second-order valence-electron chi connectivity index (χ2n) is 16.3. The van der Waals surface area contributed by atoms with Crippen LogP contribution in [0.5, 0.6) is 11.5 Å². The second kappa shape index (κ2) is 24.2. The first-order valence-electron chi connectivity index (χ1n) is 21.9. The van der Waals surface area contributed by atoms with Gasteiger partial charge in [0, 0.05) is 65.2 Å². The molecule has 3 aromatic rings. The summed E-state index contributed by atoms with van der Waals surface area (Å²) in [6.45, 7) is 12.8. The number of nitrogens with zero attached hydrogens (tertiary/aromatic N) is 5. The van der Waals surface area contributed by atoms with Crippen LogP contribution in [0.15, 0.2) is 48.5 Å². The lowest BCUT2D eigenvalue weighted by atomic mass is 9.99. The number of amides is 3. The number of anilines is 2. The highest BCUT2D eigenvalue weighted by Crippen LogP contribution is 2.25. The topological polar surface area (TPSA) is 209 Å². The minimum absolute atomic E-state index is 0.0189. The van der Waals surface area contributed by atoms with Gasteiger partial charge >= 0.3 is 0 Å². The number of hydrogen-bond donors (Lipinski definition) is 5. The number of benzene rings is 2. The van der Waals surface area contributed by atoms with Crippen LogP contribution in [0, 0.1) is 0 Å². The van der Waals surface area contributed by atoms with E-state index in [4.69, 9.17) is 42.0 Å². The highest BCUT2D eigenvalue weighted by atomic mass is 35.5. The minimum atomic E-state index is -0.414. The van der Waals surface area contributed by atoms with E-state index in [1.54, 1.807) is 0 Å². The molecule has 0 unspecified atom stereocenters. The molecule has 7 N–H and O–H groups in total. The van der Waals surface area contributed by atoms with Crippen LogP contribution >= 0.6 is 11.6 Å². The number of quaternary nitrogens is 1. The van der Waals surface area contributed by atoms with E-state index in [0.717, 1.165) is 135 Å². The van der Waals surface area contributed by atoms with Gasteiger partial charge in [0.15, 0.2) is 35.7 Å². The summed E-state index contributed by atoms with van der Waals surface area (Å²) in [5.41, 5.74) is 14.1. The number of aromatic nitrogens is 2. The number of carbonyl (C=O) groups is 3. The smallest absolute Gasteiger partial charge is 0.274 e. The Hall–Kier alpha value is -4.78. The first-order chi connectivity index (χ1) is 30.1. The number of ether oxygens (including phenoxy) is 4. The first kappa shape index (κ1) is 46.7. The molecule has 0 bridgehead atoms. The Morgan fingerprint density at radius 3 is 1.74 bits per heavy atom. The monoisotopic (exact) mass is 879 g/mol. The Kier molecular flexibility index (Phi) is 18.2. The molecule has 62 heavy (non-hydrogen) atoms. The number of rotatable bonds is 22. The number of piperidine rings is 1. The van der Waals surface area contributed by atoms with Gasteiger partial charge in [-0.05, 0) is 61.1 Å². The molecule has 3 aliphatic rings. The van der Waals surface area contributed by atoms with Crippen molar-refractivity contribution in [3.63, 3.8) is 0 Å². The highest BCUT2D eigenvalue weighted by Gasteiger charge is 2.36. The van der Waals surface area contributed by atoms with Crippen LogP contribution in [0.1, 0.15) is 47.3 Å². The van der Waals surface area contributed by atoms with E-state index >= 15 is 0 Å². The third kappa shape index (κ3) is 15.2. The summed E-state index contributed by atoms with van der Waals surface area (Å²) >= 11 is 6.09. The third-order valence-corrected chi connectivity index (χ3v) is 12.0. The van der Waals surface area contributed by atoms with Crippen LogP contribution in [0.4, 0.5) is 11.6 Å². The number of nitrogens with one attached hydrogen (secondary N) is 3. The first-order valence-corrected chi connectivity index (χ1v) is 22.3. The quantitative estimate of drug-likeness (QED) is 0.0916. The van der Waals surface area contributed by atoms with Crippen molar-refractivity contribution in [2.45, 2.75) is 44.6 Å². The van der Waals surface area contributed by atoms with Gasteiger partial charge in [-0.15, -0.1) is 0 Å². The molecule has 0 saturated carbocycles. The second-order valence-corrected chi connectivity index (χ2v) is 16.7. The Bertz CT molecular complexity index is 1790. The van der Waals surface area contributed by atoms with Crippen LogP contribution in [-0.4, -0.2) is 166 Å². The number of halogens is 1. The lowest BCUT2D eigenvalue weighted by Crippen LogP contribution is -2.60. The van der Waals surface area contributed by atoms with Crippen molar-refractivity contribution in [2.75, 3.05) is 130 Å². The fourth-order valence-electron chi connectivity index (χ4n) is 8.32. The summed E-state index contributed by atoms with van der Waals surface area (Å²) in [6.07, 6.45) is 5.44. The summed E-state index contributed by atoms with van der Waals surface area (Å²) < 4.78 is 23.2. The molecule has 338 valence electrons. The van der Waals surface area contributed by atoms with E-state index in [1.165, 1.54) is 11.1 Å². The van der Waals surface area contributed by atoms with Crippen molar-refractivity contribution >= 4 is 41.0 Å². The molecule has 3 amide bonds. The fraction of sp³-hybridized carbons (Fsp3) is 0.568. The lowest BCUT2D eigenvalue weighted by Gasteiger charge is -2.45. The molecule has 3 saturated heterocycles. The van der Waals surface area contributed by atoms with Gasteiger partial charge in [-0.25, -0.2) is 9.97 Å². The molecule has 17 nitrogen and oxygen atoms in total. The van der Waals surface area contributed by atoms with Crippen LogP contribution in [-0.2, 0) is 31.9 Å². The van der Waals surface area contributed by atoms with Crippen molar-refractivity contribution in [2.24, 2.45) is 0 Å². The van der Waals surface area contributed by atoms with E-state index < -0.39 is 5.91 Å². The zero-order valence-electron chi connectivity index (χ0n) is 35.8. The van der Waals surface area contributed by atoms with Crippen molar-refractivity contribution < 1.29 is 37.8 Å². The van der Waals surface area contributed by atoms with Gasteiger partial charge in [-0.3, -0.25) is 24.2 Å². The number of nitrogen functional groups attached to an aromatic ring is 2. The number of morpholine rings is 2. The molecule has 3 fully saturated rings.